The second-order valence-corrected chi connectivity index (χ2v) is 4.65. The Morgan fingerprint density at radius 3 is 3.00 bits per heavy atom. The summed E-state index contributed by atoms with van der Waals surface area (Å²) < 4.78 is 19.3. The molecule has 1 heterocycles. The van der Waals surface area contributed by atoms with Gasteiger partial charge in [0.05, 0.1) is 12.7 Å². The highest BCUT2D eigenvalue weighted by molar-refractivity contribution is 5.33. The molecule has 0 saturated heterocycles. The van der Waals surface area contributed by atoms with Crippen molar-refractivity contribution in [3.8, 4) is 0 Å². The van der Waals surface area contributed by atoms with Gasteiger partial charge in [0.25, 0.3) is 0 Å². The van der Waals surface area contributed by atoms with E-state index in [9.17, 15) is 4.39 Å². The maximum absolute atomic E-state index is 13.7. The molecule has 1 aliphatic carbocycles. The van der Waals surface area contributed by atoms with Crippen LogP contribution in [-0.4, -0.2) is 12.6 Å². The predicted molar refractivity (Wildman–Crippen MR) is 59.6 cm³/mol. The van der Waals surface area contributed by atoms with Crippen molar-refractivity contribution in [2.24, 2.45) is 0 Å². The van der Waals surface area contributed by atoms with Crippen molar-refractivity contribution >= 4 is 0 Å². The molecule has 1 N–H and O–H groups in total. The van der Waals surface area contributed by atoms with E-state index in [-0.39, 0.29) is 11.9 Å². The lowest BCUT2D eigenvalue weighted by atomic mass is 9.93. The van der Waals surface area contributed by atoms with Crippen LogP contribution in [0.25, 0.3) is 0 Å². The molecule has 0 spiro atoms. The van der Waals surface area contributed by atoms with E-state index in [1.807, 2.05) is 6.07 Å². The van der Waals surface area contributed by atoms with Crippen LogP contribution in [0.1, 0.15) is 36.5 Å². The summed E-state index contributed by atoms with van der Waals surface area (Å²) in [4.78, 5) is 0. The topological polar surface area (TPSA) is 21.3 Å². The summed E-state index contributed by atoms with van der Waals surface area (Å²) >= 11 is 0. The normalized spacial score (nSPS) is 24.2. The number of nitrogens with one attached hydrogen (secondary N) is 1. The smallest absolute Gasteiger partial charge is 0.129 e. The average Bonchev–Trinajstić information content (AvgIpc) is 2.61. The van der Waals surface area contributed by atoms with Crippen LogP contribution in [0.4, 0.5) is 4.39 Å². The Morgan fingerprint density at radius 1 is 1.38 bits per heavy atom. The first-order valence-corrected chi connectivity index (χ1v) is 5.97. The van der Waals surface area contributed by atoms with Gasteiger partial charge in [-0.25, -0.2) is 4.39 Å². The van der Waals surface area contributed by atoms with Crippen LogP contribution in [-0.2, 0) is 11.3 Å². The van der Waals surface area contributed by atoms with E-state index in [0.29, 0.717) is 12.6 Å². The zero-order valence-electron chi connectivity index (χ0n) is 9.21. The fourth-order valence-electron chi connectivity index (χ4n) is 2.39. The number of hydrogen-bond acceptors (Lipinski definition) is 2. The summed E-state index contributed by atoms with van der Waals surface area (Å²) in [6.45, 7) is 1.28. The summed E-state index contributed by atoms with van der Waals surface area (Å²) in [6.07, 6.45) is 3.71. The van der Waals surface area contributed by atoms with Gasteiger partial charge in [0, 0.05) is 18.2 Å². The Kier molecular flexibility index (Phi) is 2.65. The molecular formula is C13H16FNO. The second-order valence-electron chi connectivity index (χ2n) is 4.65. The van der Waals surface area contributed by atoms with Crippen LogP contribution in [0.15, 0.2) is 18.2 Å². The molecule has 3 rings (SSSR count). The van der Waals surface area contributed by atoms with Crippen LogP contribution in [0, 0.1) is 5.82 Å². The van der Waals surface area contributed by atoms with Gasteiger partial charge in [0.15, 0.2) is 0 Å². The van der Waals surface area contributed by atoms with Crippen molar-refractivity contribution in [2.75, 3.05) is 6.54 Å². The van der Waals surface area contributed by atoms with Gasteiger partial charge < -0.3 is 10.1 Å². The van der Waals surface area contributed by atoms with Crippen molar-refractivity contribution in [1.82, 2.24) is 5.32 Å². The van der Waals surface area contributed by atoms with E-state index in [1.165, 1.54) is 25.3 Å². The molecule has 0 amide bonds. The van der Waals surface area contributed by atoms with Crippen LogP contribution in [0.3, 0.4) is 0 Å². The fourth-order valence-corrected chi connectivity index (χ4v) is 2.39. The Morgan fingerprint density at radius 2 is 2.25 bits per heavy atom. The number of fused-ring (bicyclic) bond motifs is 1. The number of rotatable bonds is 3. The molecule has 86 valence electrons. The van der Waals surface area contributed by atoms with Gasteiger partial charge in [-0.1, -0.05) is 18.6 Å². The molecule has 1 atom stereocenters. The minimum Gasteiger partial charge on any atom is -0.367 e. The molecule has 2 aliphatic rings. The number of benzene rings is 1. The Balaban J connectivity index is 1.70. The molecule has 1 saturated carbocycles. The second kappa shape index (κ2) is 4.15. The van der Waals surface area contributed by atoms with Crippen molar-refractivity contribution in [1.29, 1.82) is 0 Å². The molecule has 1 aromatic rings. The molecule has 2 nitrogen and oxygen atoms in total. The Labute approximate surface area is 94.8 Å². The highest BCUT2D eigenvalue weighted by Crippen LogP contribution is 2.32. The molecule has 0 aromatic heterocycles. The third-order valence-electron chi connectivity index (χ3n) is 3.60. The molecular weight excluding hydrogens is 205 g/mol. The van der Waals surface area contributed by atoms with E-state index < -0.39 is 0 Å². The van der Waals surface area contributed by atoms with E-state index >= 15 is 0 Å². The van der Waals surface area contributed by atoms with Gasteiger partial charge in [-0.15, -0.1) is 0 Å². The summed E-state index contributed by atoms with van der Waals surface area (Å²) in [6, 6.07) is 5.84. The summed E-state index contributed by atoms with van der Waals surface area (Å²) in [5.41, 5.74) is 1.76. The zero-order valence-corrected chi connectivity index (χ0v) is 9.21. The standard InChI is InChI=1S/C13H16FNO/c14-11-6-1-3-9-8-16-12(13(9)11)7-15-10-4-2-5-10/h1,3,6,10,12,15H,2,4-5,7-8H2/t12-/m1/s1. The van der Waals surface area contributed by atoms with Gasteiger partial charge in [-0.3, -0.25) is 0 Å². The lowest BCUT2D eigenvalue weighted by Gasteiger charge is -2.28. The highest BCUT2D eigenvalue weighted by atomic mass is 19.1. The lowest BCUT2D eigenvalue weighted by Crippen LogP contribution is -2.37. The number of ether oxygens (including phenoxy) is 1. The molecule has 0 unspecified atom stereocenters. The molecule has 1 aromatic carbocycles. The van der Waals surface area contributed by atoms with Crippen LogP contribution in [0.2, 0.25) is 0 Å². The van der Waals surface area contributed by atoms with Gasteiger partial charge in [0.2, 0.25) is 0 Å². The van der Waals surface area contributed by atoms with Crippen LogP contribution < -0.4 is 5.32 Å². The molecule has 1 aliphatic heterocycles. The summed E-state index contributed by atoms with van der Waals surface area (Å²) in [5.74, 6) is -0.129. The van der Waals surface area contributed by atoms with Gasteiger partial charge in [0.1, 0.15) is 5.82 Å². The fraction of sp³-hybridized carbons (Fsp3) is 0.538. The SMILES string of the molecule is Fc1cccc2c1[C@@H](CNC1CCC1)OC2. The van der Waals surface area contributed by atoms with Crippen LogP contribution in [0.5, 0.6) is 0 Å². The molecule has 3 heteroatoms. The highest BCUT2D eigenvalue weighted by Gasteiger charge is 2.27. The van der Waals surface area contributed by atoms with Gasteiger partial charge >= 0.3 is 0 Å². The van der Waals surface area contributed by atoms with Crippen molar-refractivity contribution in [3.05, 3.63) is 35.1 Å². The maximum Gasteiger partial charge on any atom is 0.129 e. The molecule has 0 bridgehead atoms. The minimum atomic E-state index is -0.129. The minimum absolute atomic E-state index is 0.100. The van der Waals surface area contributed by atoms with E-state index in [0.717, 1.165) is 17.7 Å². The first kappa shape index (κ1) is 10.2. The van der Waals surface area contributed by atoms with Gasteiger partial charge in [-0.05, 0) is 24.5 Å². The zero-order chi connectivity index (χ0) is 11.0. The molecule has 1 fully saturated rings. The largest absolute Gasteiger partial charge is 0.367 e. The molecule has 0 radical (unpaired) electrons. The van der Waals surface area contributed by atoms with Crippen molar-refractivity contribution < 1.29 is 9.13 Å². The quantitative estimate of drug-likeness (QED) is 0.847. The maximum atomic E-state index is 13.7. The van der Waals surface area contributed by atoms with Crippen molar-refractivity contribution in [3.63, 3.8) is 0 Å². The first-order chi connectivity index (χ1) is 7.84. The predicted octanol–water partition coefficient (Wildman–Crippen LogP) is 2.54. The third kappa shape index (κ3) is 1.74. The van der Waals surface area contributed by atoms with E-state index in [4.69, 9.17) is 4.74 Å². The Bertz CT molecular complexity index is 390. The lowest BCUT2D eigenvalue weighted by molar-refractivity contribution is 0.0600. The summed E-state index contributed by atoms with van der Waals surface area (Å²) in [7, 11) is 0. The number of halogens is 1. The van der Waals surface area contributed by atoms with Gasteiger partial charge in [-0.2, -0.15) is 0 Å². The Hall–Kier alpha value is -0.930. The first-order valence-electron chi connectivity index (χ1n) is 5.97. The van der Waals surface area contributed by atoms with Crippen LogP contribution >= 0.6 is 0 Å². The monoisotopic (exact) mass is 221 g/mol. The number of hydrogen-bond donors (Lipinski definition) is 1. The third-order valence-corrected chi connectivity index (χ3v) is 3.60. The molecule has 16 heavy (non-hydrogen) atoms. The average molecular weight is 221 g/mol. The van der Waals surface area contributed by atoms with Crippen molar-refractivity contribution in [2.45, 2.75) is 38.0 Å². The van der Waals surface area contributed by atoms with E-state index in [1.54, 1.807) is 6.07 Å². The summed E-state index contributed by atoms with van der Waals surface area (Å²) in [5, 5.41) is 3.44. The van der Waals surface area contributed by atoms with E-state index in [2.05, 4.69) is 5.32 Å².